The van der Waals surface area contributed by atoms with Crippen LogP contribution in [0.3, 0.4) is 0 Å². The maximum absolute atomic E-state index is 2.55. The zero-order valence-electron chi connectivity index (χ0n) is 22.3. The van der Waals surface area contributed by atoms with E-state index < -0.39 is 21.1 Å². The molecule has 2 radical (unpaired) electrons. The van der Waals surface area contributed by atoms with Gasteiger partial charge in [0.05, 0.1) is 0 Å². The monoisotopic (exact) mass is 526 g/mol. The Morgan fingerprint density at radius 2 is 0.613 bits per heavy atom. The summed E-state index contributed by atoms with van der Waals surface area (Å²) >= 11 is -0.973. The van der Waals surface area contributed by atoms with Crippen LogP contribution in [0.5, 0.6) is 0 Å². The molecule has 0 atom stereocenters. The quantitative estimate of drug-likeness (QED) is 0.306. The molecule has 0 spiro atoms. The summed E-state index contributed by atoms with van der Waals surface area (Å²) in [7, 11) is 0. The van der Waals surface area contributed by atoms with Crippen LogP contribution in [0.4, 0.5) is 0 Å². The predicted octanol–water partition coefficient (Wildman–Crippen LogP) is 8.08. The van der Waals surface area contributed by atoms with Gasteiger partial charge in [-0.05, 0) is 0 Å². The van der Waals surface area contributed by atoms with Gasteiger partial charge in [0.1, 0.15) is 0 Å². The molecule has 0 N–H and O–H groups in total. The van der Waals surface area contributed by atoms with E-state index in [-0.39, 0.29) is 0 Å². The van der Waals surface area contributed by atoms with Gasteiger partial charge in [-0.25, -0.2) is 0 Å². The molecule has 0 aliphatic rings. The minimum absolute atomic E-state index is 0.576. The van der Waals surface area contributed by atoms with E-state index in [1.165, 1.54) is 11.1 Å². The fraction of sp³-hybridized carbons (Fsp3) is 0.600. The minimum atomic E-state index is -0.973. The molecule has 2 rings (SSSR count). The third-order valence-corrected chi connectivity index (χ3v) is 11.2. The fourth-order valence-corrected chi connectivity index (χ4v) is 10.8. The number of benzene rings is 2. The summed E-state index contributed by atoms with van der Waals surface area (Å²) in [5.74, 6) is 3.47. The van der Waals surface area contributed by atoms with Gasteiger partial charge in [-0.2, -0.15) is 0 Å². The second kappa shape index (κ2) is 10.9. The zero-order chi connectivity index (χ0) is 23.6. The van der Waals surface area contributed by atoms with E-state index in [0.717, 1.165) is 0 Å². The van der Waals surface area contributed by atoms with Crippen molar-refractivity contribution in [2.24, 2.45) is 0 Å². The molecule has 0 bridgehead atoms. The summed E-state index contributed by atoms with van der Waals surface area (Å²) in [4.78, 5) is 0. The molecular weight excluding hydrogens is 479 g/mol. The molecule has 31 heavy (non-hydrogen) atoms. The van der Waals surface area contributed by atoms with Crippen LogP contribution in [0.15, 0.2) is 24.3 Å². The molecular formula is C30H46Sn. The normalized spacial score (nSPS) is 12.5. The first-order valence-corrected chi connectivity index (χ1v) is 15.3. The molecule has 0 amide bonds. The van der Waals surface area contributed by atoms with Crippen LogP contribution in [-0.2, 0) is 0 Å². The number of rotatable bonds is 8. The van der Waals surface area contributed by atoms with Crippen LogP contribution in [0.1, 0.15) is 152 Å². The van der Waals surface area contributed by atoms with Crippen molar-refractivity contribution in [3.63, 3.8) is 0 Å². The molecule has 0 nitrogen and oxygen atoms in total. The van der Waals surface area contributed by atoms with Crippen LogP contribution < -0.4 is 7.16 Å². The third kappa shape index (κ3) is 6.18. The predicted molar refractivity (Wildman–Crippen MR) is 142 cm³/mol. The van der Waals surface area contributed by atoms with E-state index in [9.17, 15) is 0 Å². The van der Waals surface area contributed by atoms with E-state index in [0.29, 0.717) is 35.5 Å². The topological polar surface area (TPSA) is 0 Å². The summed E-state index contributed by atoms with van der Waals surface area (Å²) in [6.45, 7) is 28.5. The maximum atomic E-state index is 2.55. The van der Waals surface area contributed by atoms with Crippen LogP contribution in [-0.4, -0.2) is 21.1 Å². The molecule has 0 heterocycles. The van der Waals surface area contributed by atoms with Crippen LogP contribution in [0.25, 0.3) is 0 Å². The van der Waals surface area contributed by atoms with Crippen LogP contribution >= 0.6 is 0 Å². The summed E-state index contributed by atoms with van der Waals surface area (Å²) in [5, 5.41) is 0. The second-order valence-electron chi connectivity index (χ2n) is 11.2. The van der Waals surface area contributed by atoms with Crippen molar-refractivity contribution in [1.82, 2.24) is 0 Å². The van der Waals surface area contributed by atoms with Gasteiger partial charge in [-0.3, -0.25) is 0 Å². The third-order valence-electron chi connectivity index (χ3n) is 6.51. The molecule has 2 aromatic rings. The zero-order valence-corrected chi connectivity index (χ0v) is 25.1. The Bertz CT molecular complexity index is 750. The molecule has 0 saturated carbocycles. The summed E-state index contributed by atoms with van der Waals surface area (Å²) in [6.07, 6.45) is 0. The molecule has 0 aliphatic heterocycles. The first-order chi connectivity index (χ1) is 14.3. The first-order valence-electron chi connectivity index (χ1n) is 12.5. The summed E-state index contributed by atoms with van der Waals surface area (Å²) < 4.78 is 3.50. The van der Waals surface area contributed by atoms with Gasteiger partial charge in [0.2, 0.25) is 0 Å². The molecule has 0 fully saturated rings. The van der Waals surface area contributed by atoms with Crippen molar-refractivity contribution in [2.45, 2.75) is 119 Å². The molecule has 0 unspecified atom stereocenters. The van der Waals surface area contributed by atoms with E-state index in [1.54, 1.807) is 29.4 Å². The molecule has 2 aromatic carbocycles. The molecule has 0 aliphatic carbocycles. The summed E-state index contributed by atoms with van der Waals surface area (Å²) in [6, 6.07) is 10.2. The Labute approximate surface area is 203 Å². The Kier molecular flexibility index (Phi) is 9.32. The van der Waals surface area contributed by atoms with E-state index >= 15 is 0 Å². The van der Waals surface area contributed by atoms with Crippen molar-refractivity contribution < 1.29 is 0 Å². The van der Waals surface area contributed by atoms with Gasteiger partial charge >= 0.3 is 205 Å². The Morgan fingerprint density at radius 3 is 0.774 bits per heavy atom. The Balaban J connectivity index is 2.83. The van der Waals surface area contributed by atoms with Gasteiger partial charge < -0.3 is 0 Å². The number of hydrogen-bond acceptors (Lipinski definition) is 0. The molecule has 170 valence electrons. The van der Waals surface area contributed by atoms with Gasteiger partial charge in [-0.15, -0.1) is 0 Å². The standard InChI is InChI=1S/2C15H23.Sn/c2*1-10(2)13-7-14(11(3)4)9-15(8-13)12(5)6;/h2*7-8,10-12H,1-6H3;. The Hall–Kier alpha value is -0.761. The fourth-order valence-electron chi connectivity index (χ4n) is 4.33. The van der Waals surface area contributed by atoms with E-state index in [4.69, 9.17) is 0 Å². The van der Waals surface area contributed by atoms with Gasteiger partial charge in [0, 0.05) is 0 Å². The van der Waals surface area contributed by atoms with Crippen molar-refractivity contribution in [1.29, 1.82) is 0 Å². The van der Waals surface area contributed by atoms with Crippen molar-refractivity contribution in [3.8, 4) is 0 Å². The SMILES string of the molecule is CC(C)c1cc(C(C)C)[c]([Sn][c]2c(C(C)C)cc(C(C)C)cc2C(C)C)c(C(C)C)c1. The van der Waals surface area contributed by atoms with Crippen LogP contribution in [0, 0.1) is 0 Å². The average molecular weight is 525 g/mol. The van der Waals surface area contributed by atoms with Crippen molar-refractivity contribution >= 4 is 28.3 Å². The van der Waals surface area contributed by atoms with Crippen LogP contribution in [0.2, 0.25) is 0 Å². The van der Waals surface area contributed by atoms with Gasteiger partial charge in [-0.1, -0.05) is 0 Å². The molecule has 1 heteroatoms. The van der Waals surface area contributed by atoms with Crippen molar-refractivity contribution in [2.75, 3.05) is 0 Å². The molecule has 0 aromatic heterocycles. The first kappa shape index (κ1) is 26.5. The number of hydrogen-bond donors (Lipinski definition) is 0. The Morgan fingerprint density at radius 1 is 0.387 bits per heavy atom. The van der Waals surface area contributed by atoms with Gasteiger partial charge in [0.15, 0.2) is 0 Å². The average Bonchev–Trinajstić information content (AvgIpc) is 2.66. The van der Waals surface area contributed by atoms with E-state index in [2.05, 4.69) is 107 Å². The molecule has 0 saturated heterocycles. The van der Waals surface area contributed by atoms with E-state index in [1.807, 2.05) is 0 Å². The van der Waals surface area contributed by atoms with Gasteiger partial charge in [0.25, 0.3) is 0 Å². The van der Waals surface area contributed by atoms with Crippen molar-refractivity contribution in [3.05, 3.63) is 57.6 Å². The second-order valence-corrected chi connectivity index (χ2v) is 14.8. The summed E-state index contributed by atoms with van der Waals surface area (Å²) in [5.41, 5.74) is 9.52.